The summed E-state index contributed by atoms with van der Waals surface area (Å²) >= 11 is 0. The van der Waals surface area contributed by atoms with Crippen LogP contribution in [0.2, 0.25) is 0 Å². The van der Waals surface area contributed by atoms with E-state index in [-0.39, 0.29) is 46.4 Å². The van der Waals surface area contributed by atoms with Crippen LogP contribution in [0.15, 0.2) is 48.7 Å². The SMILES string of the molecule is CCOC(=O)Cc1ccc(Nc2nc(-c3c(F)cccc3F)nc3c[nH]c(O)c23)cc1. The Morgan fingerprint density at radius 2 is 1.84 bits per heavy atom. The number of aromatic amines is 1. The number of carbonyl (C=O) groups excluding carboxylic acids is 1. The monoisotopic (exact) mass is 424 g/mol. The van der Waals surface area contributed by atoms with Crippen LogP contribution in [0.5, 0.6) is 5.88 Å². The summed E-state index contributed by atoms with van der Waals surface area (Å²) in [6.45, 7) is 2.05. The number of aromatic hydroxyl groups is 1. The zero-order valence-corrected chi connectivity index (χ0v) is 16.4. The van der Waals surface area contributed by atoms with E-state index in [2.05, 4.69) is 20.3 Å². The van der Waals surface area contributed by atoms with Gasteiger partial charge in [0.25, 0.3) is 0 Å². The molecule has 0 radical (unpaired) electrons. The molecule has 2 aromatic carbocycles. The number of nitrogens with zero attached hydrogens (tertiary/aromatic N) is 2. The van der Waals surface area contributed by atoms with E-state index in [0.29, 0.717) is 12.3 Å². The fourth-order valence-corrected chi connectivity index (χ4v) is 3.16. The number of halogens is 2. The molecule has 3 N–H and O–H groups in total. The van der Waals surface area contributed by atoms with E-state index in [1.54, 1.807) is 31.2 Å². The van der Waals surface area contributed by atoms with Crippen molar-refractivity contribution in [3.63, 3.8) is 0 Å². The molecule has 0 saturated carbocycles. The van der Waals surface area contributed by atoms with Gasteiger partial charge in [-0.05, 0) is 36.8 Å². The van der Waals surface area contributed by atoms with Gasteiger partial charge in [0.05, 0.1) is 24.1 Å². The molecule has 0 atom stereocenters. The van der Waals surface area contributed by atoms with Gasteiger partial charge in [0.15, 0.2) is 5.82 Å². The fraction of sp³-hybridized carbons (Fsp3) is 0.136. The zero-order chi connectivity index (χ0) is 22.0. The van der Waals surface area contributed by atoms with Gasteiger partial charge in [-0.2, -0.15) is 0 Å². The van der Waals surface area contributed by atoms with Crippen LogP contribution >= 0.6 is 0 Å². The molecule has 9 heteroatoms. The van der Waals surface area contributed by atoms with Crippen molar-refractivity contribution in [1.82, 2.24) is 15.0 Å². The van der Waals surface area contributed by atoms with Crippen molar-refractivity contribution < 1.29 is 23.4 Å². The predicted octanol–water partition coefficient (Wildman–Crippen LogP) is 4.46. The highest BCUT2D eigenvalue weighted by molar-refractivity contribution is 5.96. The Bertz CT molecular complexity index is 1240. The zero-order valence-electron chi connectivity index (χ0n) is 16.4. The van der Waals surface area contributed by atoms with Crippen molar-refractivity contribution in [2.75, 3.05) is 11.9 Å². The number of aromatic nitrogens is 3. The average molecular weight is 424 g/mol. The van der Waals surface area contributed by atoms with Crippen molar-refractivity contribution >= 4 is 28.4 Å². The van der Waals surface area contributed by atoms with Crippen molar-refractivity contribution in [2.45, 2.75) is 13.3 Å². The third kappa shape index (κ3) is 4.16. The molecule has 4 rings (SSSR count). The molecule has 0 fully saturated rings. The number of fused-ring (bicyclic) bond motifs is 1. The summed E-state index contributed by atoms with van der Waals surface area (Å²) in [5.74, 6) is -2.10. The maximum Gasteiger partial charge on any atom is 0.310 e. The van der Waals surface area contributed by atoms with Gasteiger partial charge in [-0.15, -0.1) is 0 Å². The first-order chi connectivity index (χ1) is 15.0. The van der Waals surface area contributed by atoms with Gasteiger partial charge in [-0.3, -0.25) is 4.79 Å². The van der Waals surface area contributed by atoms with E-state index in [0.717, 1.165) is 17.7 Å². The number of H-pyrrole nitrogens is 1. The van der Waals surface area contributed by atoms with Gasteiger partial charge in [0.2, 0.25) is 5.88 Å². The van der Waals surface area contributed by atoms with Crippen molar-refractivity contribution in [3.05, 3.63) is 65.9 Å². The average Bonchev–Trinajstić information content (AvgIpc) is 3.11. The van der Waals surface area contributed by atoms with Crippen LogP contribution < -0.4 is 5.32 Å². The maximum atomic E-state index is 14.3. The summed E-state index contributed by atoms with van der Waals surface area (Å²) < 4.78 is 33.5. The molecule has 2 heterocycles. The van der Waals surface area contributed by atoms with Crippen LogP contribution in [0.25, 0.3) is 22.3 Å². The topological polar surface area (TPSA) is 100 Å². The lowest BCUT2D eigenvalue weighted by molar-refractivity contribution is -0.142. The molecule has 0 aliphatic rings. The summed E-state index contributed by atoms with van der Waals surface area (Å²) in [5, 5.41) is 13.5. The Morgan fingerprint density at radius 3 is 2.52 bits per heavy atom. The van der Waals surface area contributed by atoms with Gasteiger partial charge in [0, 0.05) is 11.9 Å². The Hall–Kier alpha value is -4.01. The summed E-state index contributed by atoms with van der Waals surface area (Å²) in [6.07, 6.45) is 1.56. The quantitative estimate of drug-likeness (QED) is 0.395. The number of carbonyl (C=O) groups is 1. The number of hydrogen-bond acceptors (Lipinski definition) is 6. The lowest BCUT2D eigenvalue weighted by atomic mass is 10.1. The van der Waals surface area contributed by atoms with Crippen molar-refractivity contribution in [1.29, 1.82) is 0 Å². The van der Waals surface area contributed by atoms with Gasteiger partial charge in [0.1, 0.15) is 22.8 Å². The lowest BCUT2D eigenvalue weighted by Crippen LogP contribution is -2.07. The summed E-state index contributed by atoms with van der Waals surface area (Å²) in [6, 6.07) is 10.4. The summed E-state index contributed by atoms with van der Waals surface area (Å²) in [7, 11) is 0. The number of nitrogens with one attached hydrogen (secondary N) is 2. The number of rotatable bonds is 6. The predicted molar refractivity (Wildman–Crippen MR) is 111 cm³/mol. The first-order valence-corrected chi connectivity index (χ1v) is 9.50. The van der Waals surface area contributed by atoms with Crippen molar-refractivity contribution in [3.8, 4) is 17.3 Å². The molecule has 0 amide bonds. The molecule has 0 bridgehead atoms. The highest BCUT2D eigenvalue weighted by Crippen LogP contribution is 2.34. The lowest BCUT2D eigenvalue weighted by Gasteiger charge is -2.11. The minimum Gasteiger partial charge on any atom is -0.494 e. The third-order valence-electron chi connectivity index (χ3n) is 4.58. The van der Waals surface area contributed by atoms with Crippen LogP contribution in [-0.2, 0) is 16.0 Å². The standard InChI is InChI=1S/C22H18F2N4O3/c1-2-31-17(29)10-12-6-8-13(9-7-12)26-21-19-16(11-25-22(19)30)27-20(28-21)18-14(23)4-3-5-15(18)24/h3-9,11,25,30H,2,10H2,1H3,(H,26,27,28). The Kier molecular flexibility index (Phi) is 5.48. The van der Waals surface area contributed by atoms with Gasteiger partial charge >= 0.3 is 5.97 Å². The molecule has 0 aliphatic carbocycles. The minimum atomic E-state index is -0.798. The Labute approximate surface area is 175 Å². The van der Waals surface area contributed by atoms with Crippen LogP contribution in [0.4, 0.5) is 20.3 Å². The van der Waals surface area contributed by atoms with Gasteiger partial charge in [-0.25, -0.2) is 18.7 Å². The molecule has 0 spiro atoms. The largest absolute Gasteiger partial charge is 0.494 e. The second kappa shape index (κ2) is 8.39. The van der Waals surface area contributed by atoms with Crippen molar-refractivity contribution in [2.24, 2.45) is 0 Å². The van der Waals surface area contributed by atoms with Crippen LogP contribution in [-0.4, -0.2) is 32.6 Å². The van der Waals surface area contributed by atoms with Gasteiger partial charge in [-0.1, -0.05) is 18.2 Å². The molecular formula is C22H18F2N4O3. The molecule has 2 aromatic heterocycles. The smallest absolute Gasteiger partial charge is 0.310 e. The third-order valence-corrected chi connectivity index (χ3v) is 4.58. The van der Waals surface area contributed by atoms with E-state index >= 15 is 0 Å². The van der Waals surface area contributed by atoms with E-state index in [1.807, 2.05) is 0 Å². The second-order valence-corrected chi connectivity index (χ2v) is 6.69. The van der Waals surface area contributed by atoms with Crippen LogP contribution in [0.3, 0.4) is 0 Å². The molecule has 0 saturated heterocycles. The molecule has 0 aliphatic heterocycles. The van der Waals surface area contributed by atoms with Crippen LogP contribution in [0, 0.1) is 11.6 Å². The highest BCUT2D eigenvalue weighted by Gasteiger charge is 2.19. The molecule has 7 nitrogen and oxygen atoms in total. The minimum absolute atomic E-state index is 0.140. The number of esters is 1. The first-order valence-electron chi connectivity index (χ1n) is 9.50. The Balaban J connectivity index is 1.70. The molecule has 31 heavy (non-hydrogen) atoms. The van der Waals surface area contributed by atoms with Crippen LogP contribution in [0.1, 0.15) is 12.5 Å². The maximum absolute atomic E-state index is 14.3. The Morgan fingerprint density at radius 1 is 1.13 bits per heavy atom. The van der Waals surface area contributed by atoms with E-state index < -0.39 is 11.6 Å². The number of hydrogen-bond donors (Lipinski definition) is 3. The van der Waals surface area contributed by atoms with E-state index in [9.17, 15) is 18.7 Å². The number of anilines is 2. The summed E-state index contributed by atoms with van der Waals surface area (Å²) in [5.41, 5.74) is 1.27. The molecule has 158 valence electrons. The summed E-state index contributed by atoms with van der Waals surface area (Å²) in [4.78, 5) is 22.7. The first kappa shape index (κ1) is 20.3. The molecule has 0 unspecified atom stereocenters. The van der Waals surface area contributed by atoms with E-state index in [4.69, 9.17) is 4.74 Å². The number of ether oxygens (including phenoxy) is 1. The normalized spacial score (nSPS) is 10.9. The molecular weight excluding hydrogens is 406 g/mol. The molecule has 4 aromatic rings. The van der Waals surface area contributed by atoms with E-state index in [1.165, 1.54) is 12.3 Å². The van der Waals surface area contributed by atoms with Gasteiger partial charge < -0.3 is 20.1 Å². The fourth-order valence-electron chi connectivity index (χ4n) is 3.16. The highest BCUT2D eigenvalue weighted by atomic mass is 19.1. The second-order valence-electron chi connectivity index (χ2n) is 6.69. The number of benzene rings is 2.